The largest absolute Gasteiger partial charge is 2.00 e. The third-order valence-electron chi connectivity index (χ3n) is 0.403. The second-order valence-electron chi connectivity index (χ2n) is 1.00. The Morgan fingerprint density at radius 2 is 1.78 bits per heavy atom. The minimum absolute atomic E-state index is 0. The summed E-state index contributed by atoms with van der Waals surface area (Å²) in [6.45, 7) is -1.04. The average Bonchev–Trinajstić information content (AvgIpc) is 1.91. The van der Waals surface area contributed by atoms with Gasteiger partial charge >= 0.3 is 37.7 Å². The summed E-state index contributed by atoms with van der Waals surface area (Å²) in [6.07, 6.45) is -1.06. The summed E-state index contributed by atoms with van der Waals surface area (Å²) in [5, 5.41) is 33.7. The Labute approximate surface area is 84.1 Å². The van der Waals surface area contributed by atoms with Crippen LogP contribution in [0.4, 0.5) is 0 Å². The molecule has 1 atom stereocenters. The molecule has 0 fully saturated rings. The Morgan fingerprint density at radius 1 is 1.44 bits per heavy atom. The number of hydrogen-bond donors (Lipinski definition) is 2. The molecule has 9 heavy (non-hydrogen) atoms. The molecule has 0 bridgehead atoms. The average molecular weight is 162 g/mol. The monoisotopic (exact) mass is 162 g/mol. The van der Waals surface area contributed by atoms with Gasteiger partial charge in [-0.2, -0.15) is 7.11 Å². The van der Waals surface area contributed by atoms with Crippen LogP contribution in [0.5, 0.6) is 0 Å². The molecule has 1 unspecified atom stereocenters. The maximum absolute atomic E-state index is 9.45. The molecule has 0 aromatic heterocycles. The van der Waals surface area contributed by atoms with E-state index in [4.69, 9.17) is 15.3 Å². The molecular formula is C4H10CaO4. The van der Waals surface area contributed by atoms with Gasteiger partial charge in [-0.1, -0.05) is 0 Å². The van der Waals surface area contributed by atoms with Gasteiger partial charge in [-0.05, 0) is 0 Å². The molecule has 0 amide bonds. The predicted octanol–water partition coefficient (Wildman–Crippen LogP) is -3.70. The Kier molecular flexibility index (Phi) is 29.6. The Morgan fingerprint density at radius 3 is 1.78 bits per heavy atom. The molecule has 0 aliphatic heterocycles. The summed E-state index contributed by atoms with van der Waals surface area (Å²) < 4.78 is 0. The summed E-state index contributed by atoms with van der Waals surface area (Å²) in [5.41, 5.74) is 0. The fourth-order valence-corrected chi connectivity index (χ4v) is 0.0527. The molecule has 0 radical (unpaired) electrons. The van der Waals surface area contributed by atoms with Crippen LogP contribution in [0.2, 0.25) is 0 Å². The van der Waals surface area contributed by atoms with E-state index >= 15 is 0 Å². The third-order valence-corrected chi connectivity index (χ3v) is 0.403. The summed E-state index contributed by atoms with van der Waals surface area (Å²) in [7, 11) is 0.750. The van der Waals surface area contributed by atoms with Gasteiger partial charge in [0.05, 0.1) is 12.7 Å². The van der Waals surface area contributed by atoms with Gasteiger partial charge in [0.2, 0.25) is 0 Å². The SMILES string of the molecule is C[O-].[Ca+2].[O-]CC(O)CO. The zero-order chi connectivity index (χ0) is 6.99. The van der Waals surface area contributed by atoms with Gasteiger partial charge in [0.25, 0.3) is 0 Å². The molecule has 0 saturated carbocycles. The Hall–Kier alpha value is 1.10. The van der Waals surface area contributed by atoms with Crippen molar-refractivity contribution in [2.45, 2.75) is 6.10 Å². The van der Waals surface area contributed by atoms with E-state index in [9.17, 15) is 5.11 Å². The summed E-state index contributed by atoms with van der Waals surface area (Å²) in [6, 6.07) is 0. The van der Waals surface area contributed by atoms with E-state index in [0.717, 1.165) is 7.11 Å². The fourth-order valence-electron chi connectivity index (χ4n) is 0.0527. The van der Waals surface area contributed by atoms with Gasteiger partial charge in [-0.25, -0.2) is 0 Å². The first-order chi connectivity index (χ1) is 3.81. The van der Waals surface area contributed by atoms with Crippen LogP contribution in [0.25, 0.3) is 0 Å². The molecule has 0 aromatic rings. The minimum atomic E-state index is -1.06. The topological polar surface area (TPSA) is 86.6 Å². The summed E-state index contributed by atoms with van der Waals surface area (Å²) in [4.78, 5) is 0. The van der Waals surface area contributed by atoms with Crippen LogP contribution >= 0.6 is 0 Å². The first-order valence-electron chi connectivity index (χ1n) is 2.09. The van der Waals surface area contributed by atoms with E-state index in [1.165, 1.54) is 0 Å². The fraction of sp³-hybridized carbons (Fsp3) is 1.00. The van der Waals surface area contributed by atoms with Gasteiger partial charge in [0.15, 0.2) is 0 Å². The minimum Gasteiger partial charge on any atom is -0.857 e. The standard InChI is InChI=1S/C3H7O3.CH3O.Ca/c4-1-3(6)2-5;1-2;/h3-4,6H,1-2H2;1H3;/q2*-1;+2. The molecule has 0 aromatic carbocycles. The molecule has 2 N–H and O–H groups in total. The van der Waals surface area contributed by atoms with Crippen molar-refractivity contribution in [3.8, 4) is 0 Å². The molecule has 0 saturated heterocycles. The third kappa shape index (κ3) is 17.6. The van der Waals surface area contributed by atoms with Crippen molar-refractivity contribution in [2.75, 3.05) is 20.3 Å². The first kappa shape index (κ1) is 16.6. The molecule has 0 aliphatic carbocycles. The van der Waals surface area contributed by atoms with E-state index < -0.39 is 19.3 Å². The second-order valence-corrected chi connectivity index (χ2v) is 1.00. The number of aliphatic hydroxyl groups excluding tert-OH is 2. The summed E-state index contributed by atoms with van der Waals surface area (Å²) in [5.74, 6) is 0. The van der Waals surface area contributed by atoms with Crippen molar-refractivity contribution in [1.29, 1.82) is 0 Å². The van der Waals surface area contributed by atoms with Crippen molar-refractivity contribution in [1.82, 2.24) is 0 Å². The molecule has 0 heterocycles. The molecular weight excluding hydrogens is 152 g/mol. The maximum Gasteiger partial charge on any atom is 2.00 e. The van der Waals surface area contributed by atoms with E-state index in [-0.39, 0.29) is 37.7 Å². The molecule has 0 spiro atoms. The van der Waals surface area contributed by atoms with E-state index in [0.29, 0.717) is 0 Å². The quantitative estimate of drug-likeness (QED) is 0.409. The molecule has 5 heteroatoms. The van der Waals surface area contributed by atoms with E-state index in [1.807, 2.05) is 0 Å². The van der Waals surface area contributed by atoms with Crippen LogP contribution in [0.3, 0.4) is 0 Å². The Balaban J connectivity index is -0.000000109. The van der Waals surface area contributed by atoms with Crippen molar-refractivity contribution in [3.05, 3.63) is 0 Å². The number of hydrogen-bond acceptors (Lipinski definition) is 4. The van der Waals surface area contributed by atoms with Crippen molar-refractivity contribution < 1.29 is 20.4 Å². The zero-order valence-corrected chi connectivity index (χ0v) is 7.62. The zero-order valence-electron chi connectivity index (χ0n) is 5.41. The van der Waals surface area contributed by atoms with Crippen LogP contribution in [0.15, 0.2) is 0 Å². The second kappa shape index (κ2) is 16.0. The first-order valence-corrected chi connectivity index (χ1v) is 2.09. The van der Waals surface area contributed by atoms with Crippen LogP contribution in [0, 0.1) is 0 Å². The van der Waals surface area contributed by atoms with E-state index in [2.05, 4.69) is 0 Å². The van der Waals surface area contributed by atoms with E-state index in [1.54, 1.807) is 0 Å². The van der Waals surface area contributed by atoms with Gasteiger partial charge < -0.3 is 20.4 Å². The van der Waals surface area contributed by atoms with Gasteiger partial charge in [0, 0.05) is 0 Å². The van der Waals surface area contributed by atoms with Crippen LogP contribution < -0.4 is 10.2 Å². The smallest absolute Gasteiger partial charge is 0.857 e. The molecule has 0 rings (SSSR count). The van der Waals surface area contributed by atoms with Crippen molar-refractivity contribution >= 4 is 37.7 Å². The molecule has 0 aliphatic rings. The van der Waals surface area contributed by atoms with Gasteiger partial charge in [0.1, 0.15) is 0 Å². The Bertz CT molecular complexity index is 31.7. The van der Waals surface area contributed by atoms with Crippen LogP contribution in [-0.2, 0) is 0 Å². The van der Waals surface area contributed by atoms with Crippen molar-refractivity contribution in [3.63, 3.8) is 0 Å². The summed E-state index contributed by atoms with van der Waals surface area (Å²) >= 11 is 0. The van der Waals surface area contributed by atoms with Crippen LogP contribution in [-0.4, -0.2) is 74.4 Å². The predicted molar refractivity (Wildman–Crippen MR) is 29.6 cm³/mol. The molecule has 52 valence electrons. The maximum atomic E-state index is 9.45. The normalized spacial score (nSPS) is 10.3. The number of rotatable bonds is 2. The molecule has 4 nitrogen and oxygen atoms in total. The number of aliphatic hydroxyl groups is 2. The van der Waals surface area contributed by atoms with Gasteiger partial charge in [-0.15, -0.1) is 6.61 Å². The van der Waals surface area contributed by atoms with Crippen LogP contribution in [0.1, 0.15) is 0 Å². The van der Waals surface area contributed by atoms with Gasteiger partial charge in [-0.3, -0.25) is 0 Å². The van der Waals surface area contributed by atoms with Crippen molar-refractivity contribution in [2.24, 2.45) is 0 Å².